The Morgan fingerprint density at radius 2 is 2.02 bits per heavy atom. The lowest BCUT2D eigenvalue weighted by molar-refractivity contribution is -0.765. The van der Waals surface area contributed by atoms with Crippen LogP contribution in [0, 0.1) is 0 Å². The van der Waals surface area contributed by atoms with Gasteiger partial charge in [0.1, 0.15) is 17.1 Å². The van der Waals surface area contributed by atoms with Crippen LogP contribution in [0.15, 0.2) is 22.6 Å². The summed E-state index contributed by atoms with van der Waals surface area (Å²) in [6.45, 7) is 3.13. The third kappa shape index (κ3) is 5.88. The first kappa shape index (κ1) is 30.7. The predicted molar refractivity (Wildman–Crippen MR) is 151 cm³/mol. The van der Waals surface area contributed by atoms with E-state index in [2.05, 4.69) is 19.8 Å². The highest BCUT2D eigenvalue weighted by Crippen LogP contribution is 2.40. The Bertz CT molecular complexity index is 1500. The molecule has 0 bridgehead atoms. The van der Waals surface area contributed by atoms with Gasteiger partial charge in [0.25, 0.3) is 11.8 Å². The van der Waals surface area contributed by atoms with Crippen LogP contribution in [0.3, 0.4) is 0 Å². The van der Waals surface area contributed by atoms with E-state index in [9.17, 15) is 29.4 Å². The number of oxime groups is 1. The maximum absolute atomic E-state index is 13.2. The molecule has 2 atom stereocenters. The normalized spacial score (nSPS) is 18.9. The fourth-order valence-corrected chi connectivity index (χ4v) is 6.01. The van der Waals surface area contributed by atoms with Crippen molar-refractivity contribution in [2.45, 2.75) is 50.3 Å². The van der Waals surface area contributed by atoms with Gasteiger partial charge >= 0.3 is 11.9 Å². The van der Waals surface area contributed by atoms with Crippen LogP contribution in [0.25, 0.3) is 0 Å². The number of anilines is 2. The number of carboxylic acid groups (broad SMARTS) is 2. The summed E-state index contributed by atoms with van der Waals surface area (Å²) in [5.74, 6) is -3.63. The number of carbonyl (C=O) groups is 4. The van der Waals surface area contributed by atoms with Crippen LogP contribution in [-0.2, 0) is 44.0 Å². The van der Waals surface area contributed by atoms with Crippen LogP contribution in [0.4, 0.5) is 10.9 Å². The highest BCUT2D eigenvalue weighted by atomic mass is 32.2. The highest BCUT2D eigenvalue weighted by Gasteiger charge is 2.55. The number of fused-ring (bicyclic) bond motifs is 1. The van der Waals surface area contributed by atoms with E-state index in [1.165, 1.54) is 25.6 Å². The quantitative estimate of drug-likeness (QED) is 0.0664. The molecule has 2 aliphatic heterocycles. The minimum absolute atomic E-state index is 0.0184. The van der Waals surface area contributed by atoms with Gasteiger partial charge in [-0.05, 0) is 33.2 Å². The first-order valence-electron chi connectivity index (χ1n) is 12.6. The molecular formula is C23H31N10O7S2+. The molecule has 0 spiro atoms. The number of nitrogens with zero attached hydrogens (tertiary/aromatic N) is 6. The van der Waals surface area contributed by atoms with E-state index in [4.69, 9.17) is 22.0 Å². The van der Waals surface area contributed by atoms with E-state index >= 15 is 0 Å². The molecular weight excluding hydrogens is 592 g/mol. The van der Waals surface area contributed by atoms with Gasteiger partial charge in [-0.15, -0.1) is 21.1 Å². The number of aromatic nitrogens is 4. The van der Waals surface area contributed by atoms with Crippen LogP contribution in [0.1, 0.15) is 31.7 Å². The summed E-state index contributed by atoms with van der Waals surface area (Å²) in [6, 6.07) is -1.10. The summed E-state index contributed by atoms with van der Waals surface area (Å²) in [5.41, 5.74) is 16.4. The Labute approximate surface area is 247 Å². The summed E-state index contributed by atoms with van der Waals surface area (Å²) < 4.78 is 7.42. The summed E-state index contributed by atoms with van der Waals surface area (Å²) >= 11 is 2.05. The number of hydrogen-bond donors (Lipinski definition) is 6. The molecule has 2 aliphatic rings. The Morgan fingerprint density at radius 3 is 2.62 bits per heavy atom. The molecule has 4 heterocycles. The number of carbonyl (C=O) groups excluding carboxylic acids is 2. The molecule has 2 amide bonds. The number of β-lactam (4-membered cyclic amide) rings is 1. The van der Waals surface area contributed by atoms with Crippen molar-refractivity contribution < 1.29 is 38.9 Å². The number of aryl methyl sites for hydroxylation is 1. The molecule has 9 N–H and O–H groups in total. The minimum atomic E-state index is -1.79. The second-order valence-electron chi connectivity index (χ2n) is 9.97. The topological polar surface area (TPSA) is 258 Å². The Kier molecular flexibility index (Phi) is 8.73. The number of rotatable bonds is 12. The van der Waals surface area contributed by atoms with Crippen molar-refractivity contribution in [1.29, 1.82) is 0 Å². The smallest absolute Gasteiger partial charge is 0.352 e. The maximum Gasteiger partial charge on any atom is 0.352 e. The van der Waals surface area contributed by atoms with Crippen LogP contribution >= 0.6 is 23.3 Å². The molecule has 2 aromatic rings. The van der Waals surface area contributed by atoms with Crippen LogP contribution in [-0.4, -0.2) is 87.9 Å². The predicted octanol–water partition coefficient (Wildman–Crippen LogP) is -1.76. The maximum atomic E-state index is 13.2. The van der Waals surface area contributed by atoms with Crippen molar-refractivity contribution in [2.75, 3.05) is 23.8 Å². The number of hydrogen-bond acceptors (Lipinski definition) is 13. The molecule has 0 radical (unpaired) electrons. The Hall–Kier alpha value is -4.23. The van der Waals surface area contributed by atoms with Crippen molar-refractivity contribution >= 4 is 63.7 Å². The van der Waals surface area contributed by atoms with Crippen LogP contribution < -0.4 is 27.2 Å². The average molecular weight is 624 g/mol. The van der Waals surface area contributed by atoms with Gasteiger partial charge in [-0.3, -0.25) is 14.5 Å². The van der Waals surface area contributed by atoms with Crippen molar-refractivity contribution in [1.82, 2.24) is 24.3 Å². The summed E-state index contributed by atoms with van der Waals surface area (Å²) in [4.78, 5) is 60.3. The number of thioether (sulfide) groups is 1. The first-order chi connectivity index (χ1) is 19.8. The molecule has 0 aromatic carbocycles. The second-order valence-corrected chi connectivity index (χ2v) is 11.9. The molecule has 0 unspecified atom stereocenters. The molecule has 42 heavy (non-hydrogen) atoms. The fourth-order valence-electron chi connectivity index (χ4n) is 4.24. The van der Waals surface area contributed by atoms with Gasteiger partial charge in [-0.1, -0.05) is 5.16 Å². The zero-order valence-electron chi connectivity index (χ0n) is 22.9. The Morgan fingerprint density at radius 1 is 1.31 bits per heavy atom. The average Bonchev–Trinajstić information content (AvgIpc) is 3.47. The van der Waals surface area contributed by atoms with E-state index in [-0.39, 0.29) is 29.0 Å². The first-order valence-corrected chi connectivity index (χ1v) is 14.4. The van der Waals surface area contributed by atoms with Gasteiger partial charge in [-0.2, -0.15) is 9.36 Å². The van der Waals surface area contributed by atoms with Crippen molar-refractivity contribution in [2.24, 2.45) is 17.9 Å². The number of nitrogen functional groups attached to an aromatic ring is 2. The molecule has 2 aromatic heterocycles. The highest BCUT2D eigenvalue weighted by molar-refractivity contribution is 8.00. The number of nitrogens with one attached hydrogen (secondary N) is 1. The standard InChI is InChI=1S/C23H30N10O7S2/c1-23(2,21(38)39)40-29-12(16-28-22(26)42-30-16)17(34)27-13-18(35)33-14(20(36)37)11(9-41-19(13)33)8-32-7-10(5-4-6-24)15(25)31(32)3/h7,13,19,25H,4-6,8-9,24H2,1-3H3,(H5,26,27,28,30,34,36,37,38,39)/p+1/b29-12-/t13-,19-/m1/s1. The van der Waals surface area contributed by atoms with Gasteiger partial charge in [0.05, 0.1) is 12.6 Å². The van der Waals surface area contributed by atoms with E-state index in [0.29, 0.717) is 24.4 Å². The Balaban J connectivity index is 1.55. The lowest BCUT2D eigenvalue weighted by atomic mass is 10.0. The van der Waals surface area contributed by atoms with Crippen LogP contribution in [0.2, 0.25) is 0 Å². The molecule has 17 nitrogen and oxygen atoms in total. The summed E-state index contributed by atoms with van der Waals surface area (Å²) in [6.07, 6.45) is 3.25. The number of carboxylic acids is 2. The monoisotopic (exact) mass is 623 g/mol. The molecule has 1 saturated heterocycles. The van der Waals surface area contributed by atoms with Crippen molar-refractivity contribution in [3.05, 3.63) is 28.9 Å². The molecule has 226 valence electrons. The lowest BCUT2D eigenvalue weighted by Gasteiger charge is -2.49. The zero-order chi connectivity index (χ0) is 30.9. The van der Waals surface area contributed by atoms with E-state index < -0.39 is 46.5 Å². The number of amides is 2. The van der Waals surface area contributed by atoms with Crippen molar-refractivity contribution in [3.8, 4) is 0 Å². The van der Waals surface area contributed by atoms with Gasteiger partial charge in [0.2, 0.25) is 23.3 Å². The third-order valence-electron chi connectivity index (χ3n) is 6.66. The summed E-state index contributed by atoms with van der Waals surface area (Å²) in [7, 11) is 1.76. The van der Waals surface area contributed by atoms with Crippen LogP contribution in [0.5, 0.6) is 0 Å². The van der Waals surface area contributed by atoms with E-state index in [1.54, 1.807) is 16.4 Å². The van der Waals surface area contributed by atoms with Gasteiger partial charge in [0.15, 0.2) is 17.5 Å². The third-order valence-corrected chi connectivity index (χ3v) is 8.54. The minimum Gasteiger partial charge on any atom is -0.478 e. The molecule has 19 heteroatoms. The molecule has 1 fully saturated rings. The van der Waals surface area contributed by atoms with Gasteiger partial charge in [0, 0.05) is 22.9 Å². The second kappa shape index (κ2) is 11.9. The fraction of sp³-hybridized carbons (Fsp3) is 0.478. The number of nitrogens with two attached hydrogens (primary N) is 3. The lowest BCUT2D eigenvalue weighted by Crippen LogP contribution is -2.71. The van der Waals surface area contributed by atoms with E-state index in [0.717, 1.165) is 28.4 Å². The number of aliphatic carboxylic acids is 2. The van der Waals surface area contributed by atoms with Crippen molar-refractivity contribution in [3.63, 3.8) is 0 Å². The molecule has 4 rings (SSSR count). The largest absolute Gasteiger partial charge is 0.478 e. The zero-order valence-corrected chi connectivity index (χ0v) is 24.6. The van der Waals surface area contributed by atoms with Gasteiger partial charge in [-0.25, -0.2) is 9.59 Å². The SMILES string of the molecule is Cn1c(N)c(CCCN)c[n+]1CC1=C(C(=O)O)N2C(=O)[C@@H](NC(=O)/C(=N\OC(C)(C)C(=O)O)c3nsc(N)n3)[C@H]2SC1. The van der Waals surface area contributed by atoms with E-state index in [1.807, 2.05) is 6.20 Å². The molecule has 0 saturated carbocycles. The summed E-state index contributed by atoms with van der Waals surface area (Å²) in [5, 5.41) is 24.9. The van der Waals surface area contributed by atoms with Gasteiger partial charge < -0.3 is 37.6 Å². The molecule has 0 aliphatic carbocycles.